The minimum absolute atomic E-state index is 0.0416. The number of benzene rings is 2. The highest BCUT2D eigenvalue weighted by atomic mass is 32.2. The summed E-state index contributed by atoms with van der Waals surface area (Å²) in [6.07, 6.45) is 0. The van der Waals surface area contributed by atoms with Crippen LogP contribution in [0.5, 0.6) is 0 Å². The Hall–Kier alpha value is -2.01. The Morgan fingerprint density at radius 1 is 1.24 bits per heavy atom. The highest BCUT2D eigenvalue weighted by Crippen LogP contribution is 2.23. The topological polar surface area (TPSA) is 46.3 Å². The predicted octanol–water partition coefficient (Wildman–Crippen LogP) is 3.16. The molecule has 0 unspecified atom stereocenters. The first-order chi connectivity index (χ1) is 10.1. The number of carbonyl (C=O) groups is 1. The molecule has 0 saturated heterocycles. The van der Waals surface area contributed by atoms with Crippen molar-refractivity contribution in [3.63, 3.8) is 0 Å². The van der Waals surface area contributed by atoms with Gasteiger partial charge in [0.15, 0.2) is 0 Å². The van der Waals surface area contributed by atoms with Crippen molar-refractivity contribution in [2.75, 3.05) is 18.5 Å². The molecular weight excluding hydrogens is 287 g/mol. The minimum atomic E-state index is -0.390. The maximum absolute atomic E-state index is 13.6. The van der Waals surface area contributed by atoms with Gasteiger partial charge in [0.05, 0.1) is 5.75 Å². The maximum atomic E-state index is 13.6. The van der Waals surface area contributed by atoms with E-state index in [1.165, 1.54) is 17.8 Å². The summed E-state index contributed by atoms with van der Waals surface area (Å²) in [4.78, 5) is 14.1. The number of halogens is 1. The molecule has 0 spiro atoms. The van der Waals surface area contributed by atoms with Crippen LogP contribution < -0.4 is 5.73 Å². The second-order valence-corrected chi connectivity index (χ2v) is 5.73. The van der Waals surface area contributed by atoms with Gasteiger partial charge in [-0.05, 0) is 23.8 Å². The number of hydrogen-bond acceptors (Lipinski definition) is 3. The summed E-state index contributed by atoms with van der Waals surface area (Å²) >= 11 is 1.18. The van der Waals surface area contributed by atoms with Gasteiger partial charge in [0.25, 0.3) is 0 Å². The van der Waals surface area contributed by atoms with E-state index >= 15 is 0 Å². The van der Waals surface area contributed by atoms with Gasteiger partial charge >= 0.3 is 0 Å². The molecule has 0 aliphatic heterocycles. The molecule has 2 rings (SSSR count). The van der Waals surface area contributed by atoms with Crippen LogP contribution >= 0.6 is 11.8 Å². The third-order valence-corrected chi connectivity index (χ3v) is 4.03. The number of amides is 1. The number of hydrogen-bond donors (Lipinski definition) is 1. The van der Waals surface area contributed by atoms with Crippen LogP contribution in [0.15, 0.2) is 53.4 Å². The molecular formula is C16H17FN2OS. The van der Waals surface area contributed by atoms with Crippen LogP contribution in [0.3, 0.4) is 0 Å². The molecule has 0 saturated carbocycles. The smallest absolute Gasteiger partial charge is 0.232 e. The fraction of sp³-hybridized carbons (Fsp3) is 0.188. The zero-order valence-electron chi connectivity index (χ0n) is 11.8. The molecule has 0 aromatic heterocycles. The van der Waals surface area contributed by atoms with Crippen LogP contribution in [-0.4, -0.2) is 23.6 Å². The fourth-order valence-corrected chi connectivity index (χ4v) is 2.69. The predicted molar refractivity (Wildman–Crippen MR) is 84.5 cm³/mol. The monoisotopic (exact) mass is 304 g/mol. The lowest BCUT2D eigenvalue weighted by Crippen LogP contribution is -2.27. The molecule has 110 valence electrons. The van der Waals surface area contributed by atoms with E-state index in [4.69, 9.17) is 5.73 Å². The fourth-order valence-electron chi connectivity index (χ4n) is 1.83. The molecule has 5 heteroatoms. The zero-order chi connectivity index (χ0) is 15.2. The van der Waals surface area contributed by atoms with Gasteiger partial charge in [0.2, 0.25) is 5.91 Å². The van der Waals surface area contributed by atoms with Gasteiger partial charge in [0, 0.05) is 24.2 Å². The van der Waals surface area contributed by atoms with E-state index in [1.807, 2.05) is 30.3 Å². The zero-order valence-corrected chi connectivity index (χ0v) is 12.6. The normalized spacial score (nSPS) is 10.4. The summed E-state index contributed by atoms with van der Waals surface area (Å²) in [5.74, 6) is -0.233. The van der Waals surface area contributed by atoms with Crippen LogP contribution in [0.2, 0.25) is 0 Å². The van der Waals surface area contributed by atoms with Crippen molar-refractivity contribution < 1.29 is 9.18 Å². The largest absolute Gasteiger partial charge is 0.399 e. The number of anilines is 1. The number of nitrogen functional groups attached to an aromatic ring is 1. The summed E-state index contributed by atoms with van der Waals surface area (Å²) in [5, 5.41) is 0. The van der Waals surface area contributed by atoms with Crippen LogP contribution in [0.1, 0.15) is 5.56 Å². The van der Waals surface area contributed by atoms with Crippen molar-refractivity contribution in [3.05, 3.63) is 59.9 Å². The lowest BCUT2D eigenvalue weighted by atomic mass is 10.2. The molecule has 0 radical (unpaired) electrons. The number of thioether (sulfide) groups is 1. The van der Waals surface area contributed by atoms with Crippen molar-refractivity contribution in [2.45, 2.75) is 11.4 Å². The van der Waals surface area contributed by atoms with E-state index in [0.29, 0.717) is 17.1 Å². The van der Waals surface area contributed by atoms with E-state index in [2.05, 4.69) is 0 Å². The minimum Gasteiger partial charge on any atom is -0.399 e. The Labute approximate surface area is 127 Å². The Bertz CT molecular complexity index is 619. The highest BCUT2D eigenvalue weighted by molar-refractivity contribution is 8.00. The average molecular weight is 304 g/mol. The van der Waals surface area contributed by atoms with E-state index < -0.39 is 5.82 Å². The van der Waals surface area contributed by atoms with Crippen molar-refractivity contribution >= 4 is 23.4 Å². The number of nitrogens with zero attached hydrogens (tertiary/aromatic N) is 1. The van der Waals surface area contributed by atoms with E-state index in [0.717, 1.165) is 5.56 Å². The van der Waals surface area contributed by atoms with Crippen molar-refractivity contribution in [3.8, 4) is 0 Å². The molecule has 0 atom stereocenters. The van der Waals surface area contributed by atoms with E-state index in [1.54, 1.807) is 24.1 Å². The summed E-state index contributed by atoms with van der Waals surface area (Å²) < 4.78 is 13.6. The van der Waals surface area contributed by atoms with Crippen LogP contribution in [-0.2, 0) is 11.3 Å². The second kappa shape index (κ2) is 7.13. The first kappa shape index (κ1) is 15.4. The molecule has 21 heavy (non-hydrogen) atoms. The lowest BCUT2D eigenvalue weighted by molar-refractivity contribution is -0.127. The van der Waals surface area contributed by atoms with Gasteiger partial charge in [-0.25, -0.2) is 4.39 Å². The Morgan fingerprint density at radius 2 is 1.95 bits per heavy atom. The Balaban J connectivity index is 1.89. The molecule has 0 bridgehead atoms. The molecule has 0 heterocycles. The summed E-state index contributed by atoms with van der Waals surface area (Å²) in [5.41, 5.74) is 6.94. The van der Waals surface area contributed by atoms with Crippen molar-refractivity contribution in [1.29, 1.82) is 0 Å². The molecule has 2 aromatic rings. The van der Waals surface area contributed by atoms with Gasteiger partial charge in [-0.2, -0.15) is 0 Å². The van der Waals surface area contributed by atoms with Gasteiger partial charge in [-0.3, -0.25) is 4.79 Å². The third kappa shape index (κ3) is 4.49. The molecule has 0 aliphatic rings. The molecule has 2 aromatic carbocycles. The number of rotatable bonds is 5. The lowest BCUT2D eigenvalue weighted by Gasteiger charge is -2.17. The molecule has 0 fully saturated rings. The van der Waals surface area contributed by atoms with E-state index in [9.17, 15) is 9.18 Å². The van der Waals surface area contributed by atoms with Crippen molar-refractivity contribution in [1.82, 2.24) is 4.90 Å². The molecule has 0 aliphatic carbocycles. The van der Waals surface area contributed by atoms with Gasteiger partial charge in [-0.15, -0.1) is 11.8 Å². The maximum Gasteiger partial charge on any atom is 0.232 e. The van der Waals surface area contributed by atoms with Crippen LogP contribution in [0, 0.1) is 5.82 Å². The van der Waals surface area contributed by atoms with Gasteiger partial charge in [-0.1, -0.05) is 30.3 Å². The number of nitrogens with two attached hydrogens (primary N) is 1. The first-order valence-electron chi connectivity index (χ1n) is 6.52. The molecule has 2 N–H and O–H groups in total. The van der Waals surface area contributed by atoms with Crippen molar-refractivity contribution in [2.24, 2.45) is 0 Å². The molecule has 1 amide bonds. The highest BCUT2D eigenvalue weighted by Gasteiger charge is 2.11. The summed E-state index contributed by atoms with van der Waals surface area (Å²) in [6.45, 7) is 0.546. The summed E-state index contributed by atoms with van der Waals surface area (Å²) in [6, 6.07) is 14.2. The SMILES string of the molecule is CN(Cc1ccccc1)C(=O)CSc1ccc(N)cc1F. The Kier molecular flexibility index (Phi) is 5.22. The second-order valence-electron chi connectivity index (χ2n) is 4.71. The molecule has 3 nitrogen and oxygen atoms in total. The van der Waals surface area contributed by atoms with Gasteiger partial charge in [0.1, 0.15) is 5.82 Å². The number of carbonyl (C=O) groups excluding carboxylic acids is 1. The summed E-state index contributed by atoms with van der Waals surface area (Å²) in [7, 11) is 1.75. The third-order valence-electron chi connectivity index (χ3n) is 3.00. The van der Waals surface area contributed by atoms with Gasteiger partial charge < -0.3 is 10.6 Å². The average Bonchev–Trinajstić information content (AvgIpc) is 2.47. The van der Waals surface area contributed by atoms with Crippen LogP contribution in [0.25, 0.3) is 0 Å². The standard InChI is InChI=1S/C16H17FN2OS/c1-19(10-12-5-3-2-4-6-12)16(20)11-21-15-8-7-13(18)9-14(15)17/h2-9H,10-11,18H2,1H3. The quantitative estimate of drug-likeness (QED) is 0.682. The Morgan fingerprint density at radius 3 is 2.62 bits per heavy atom. The van der Waals surface area contributed by atoms with Crippen LogP contribution in [0.4, 0.5) is 10.1 Å². The van der Waals surface area contributed by atoms with E-state index in [-0.39, 0.29) is 11.7 Å². The first-order valence-corrected chi connectivity index (χ1v) is 7.50.